The average molecular weight is 247 g/mol. The van der Waals surface area contributed by atoms with Crippen LogP contribution in [0.5, 0.6) is 5.75 Å². The second-order valence-electron chi connectivity index (χ2n) is 5.16. The summed E-state index contributed by atoms with van der Waals surface area (Å²) < 4.78 is 5.16. The van der Waals surface area contributed by atoms with E-state index >= 15 is 0 Å². The zero-order valence-electron chi connectivity index (χ0n) is 10.8. The summed E-state index contributed by atoms with van der Waals surface area (Å²) in [5.74, 6) is 1.30. The summed E-state index contributed by atoms with van der Waals surface area (Å²) >= 11 is 0. The quantitative estimate of drug-likeness (QED) is 0.871. The van der Waals surface area contributed by atoms with Gasteiger partial charge in [0.25, 0.3) is 0 Å². The van der Waals surface area contributed by atoms with Crippen molar-refractivity contribution in [1.29, 1.82) is 0 Å². The van der Waals surface area contributed by atoms with Crippen LogP contribution in [0, 0.1) is 0 Å². The molecule has 0 radical (unpaired) electrons. The molecule has 0 aliphatic rings. The number of nitrogens with one attached hydrogen (secondary N) is 1. The summed E-state index contributed by atoms with van der Waals surface area (Å²) in [5, 5.41) is 16.4. The summed E-state index contributed by atoms with van der Waals surface area (Å²) in [6.45, 7) is 6.76. The standard InChI is InChI=1S/C13H17N3O2/c1-13(2,3)14-8-11-15-12(16-18-11)9-4-6-10(17)7-5-9/h4-7,14,17H,8H2,1-3H3. The number of aromatic nitrogens is 2. The molecule has 0 saturated carbocycles. The van der Waals surface area contributed by atoms with Crippen molar-refractivity contribution < 1.29 is 9.63 Å². The molecule has 1 aromatic carbocycles. The number of hydrogen-bond donors (Lipinski definition) is 2. The van der Waals surface area contributed by atoms with E-state index in [1.54, 1.807) is 24.3 Å². The maximum atomic E-state index is 9.21. The van der Waals surface area contributed by atoms with Gasteiger partial charge in [-0.15, -0.1) is 0 Å². The van der Waals surface area contributed by atoms with Gasteiger partial charge in [-0.25, -0.2) is 0 Å². The molecule has 5 heteroatoms. The fourth-order valence-electron chi connectivity index (χ4n) is 1.40. The van der Waals surface area contributed by atoms with Gasteiger partial charge in [-0.3, -0.25) is 0 Å². The first-order chi connectivity index (χ1) is 8.44. The van der Waals surface area contributed by atoms with Crippen LogP contribution in [0.2, 0.25) is 0 Å². The van der Waals surface area contributed by atoms with Crippen LogP contribution in [0.25, 0.3) is 11.4 Å². The minimum Gasteiger partial charge on any atom is -0.508 e. The molecule has 0 unspecified atom stereocenters. The van der Waals surface area contributed by atoms with E-state index < -0.39 is 0 Å². The van der Waals surface area contributed by atoms with Gasteiger partial charge in [0.2, 0.25) is 11.7 Å². The molecule has 0 aliphatic carbocycles. The van der Waals surface area contributed by atoms with Crippen LogP contribution in [-0.4, -0.2) is 20.8 Å². The Morgan fingerprint density at radius 3 is 2.50 bits per heavy atom. The number of aromatic hydroxyl groups is 1. The lowest BCUT2D eigenvalue weighted by Gasteiger charge is -2.18. The molecule has 1 aromatic heterocycles. The third-order valence-electron chi connectivity index (χ3n) is 2.36. The first-order valence-corrected chi connectivity index (χ1v) is 5.81. The largest absolute Gasteiger partial charge is 0.508 e. The topological polar surface area (TPSA) is 71.2 Å². The molecule has 18 heavy (non-hydrogen) atoms. The van der Waals surface area contributed by atoms with E-state index in [4.69, 9.17) is 4.52 Å². The molecule has 96 valence electrons. The van der Waals surface area contributed by atoms with Crippen molar-refractivity contribution in [2.24, 2.45) is 0 Å². The lowest BCUT2D eigenvalue weighted by Crippen LogP contribution is -2.35. The van der Waals surface area contributed by atoms with Crippen LogP contribution >= 0.6 is 0 Å². The van der Waals surface area contributed by atoms with E-state index in [9.17, 15) is 5.11 Å². The third-order valence-corrected chi connectivity index (χ3v) is 2.36. The molecule has 2 rings (SSSR count). The highest BCUT2D eigenvalue weighted by atomic mass is 16.5. The normalized spacial score (nSPS) is 11.7. The Labute approximate surface area is 106 Å². The van der Waals surface area contributed by atoms with Crippen molar-refractivity contribution in [2.75, 3.05) is 0 Å². The number of rotatable bonds is 3. The summed E-state index contributed by atoms with van der Waals surface area (Å²) in [4.78, 5) is 4.29. The Bertz CT molecular complexity index is 512. The third kappa shape index (κ3) is 3.30. The molecule has 0 aliphatic heterocycles. The van der Waals surface area contributed by atoms with E-state index in [-0.39, 0.29) is 11.3 Å². The molecule has 0 saturated heterocycles. The van der Waals surface area contributed by atoms with Crippen LogP contribution < -0.4 is 5.32 Å². The van der Waals surface area contributed by atoms with Crippen molar-refractivity contribution in [3.05, 3.63) is 30.2 Å². The van der Waals surface area contributed by atoms with E-state index in [1.807, 2.05) is 0 Å². The summed E-state index contributed by atoms with van der Waals surface area (Å²) in [7, 11) is 0. The molecule has 0 amide bonds. The fraction of sp³-hybridized carbons (Fsp3) is 0.385. The number of nitrogens with zero attached hydrogens (tertiary/aromatic N) is 2. The van der Waals surface area contributed by atoms with Crippen molar-refractivity contribution in [3.63, 3.8) is 0 Å². The Hall–Kier alpha value is -1.88. The SMILES string of the molecule is CC(C)(C)NCc1nc(-c2ccc(O)cc2)no1. The Morgan fingerprint density at radius 1 is 1.22 bits per heavy atom. The van der Waals surface area contributed by atoms with Gasteiger partial charge in [-0.05, 0) is 45.0 Å². The number of phenols is 1. The van der Waals surface area contributed by atoms with Gasteiger partial charge in [0.1, 0.15) is 5.75 Å². The predicted octanol–water partition coefficient (Wildman–Crippen LogP) is 2.33. The van der Waals surface area contributed by atoms with Gasteiger partial charge in [-0.1, -0.05) is 5.16 Å². The zero-order chi connectivity index (χ0) is 13.2. The monoisotopic (exact) mass is 247 g/mol. The Balaban J connectivity index is 2.08. The first-order valence-electron chi connectivity index (χ1n) is 5.81. The predicted molar refractivity (Wildman–Crippen MR) is 68.0 cm³/mol. The Kier molecular flexibility index (Phi) is 3.34. The van der Waals surface area contributed by atoms with Gasteiger partial charge in [0, 0.05) is 11.1 Å². The molecule has 5 nitrogen and oxygen atoms in total. The van der Waals surface area contributed by atoms with Crippen LogP contribution in [-0.2, 0) is 6.54 Å². The van der Waals surface area contributed by atoms with Gasteiger partial charge in [-0.2, -0.15) is 4.98 Å². The summed E-state index contributed by atoms with van der Waals surface area (Å²) in [5.41, 5.74) is 0.825. The highest BCUT2D eigenvalue weighted by Gasteiger charge is 2.13. The molecule has 0 fully saturated rings. The molecule has 2 N–H and O–H groups in total. The van der Waals surface area contributed by atoms with Gasteiger partial charge >= 0.3 is 0 Å². The maximum absolute atomic E-state index is 9.21. The summed E-state index contributed by atoms with van der Waals surface area (Å²) in [6, 6.07) is 6.69. The van der Waals surface area contributed by atoms with Gasteiger partial charge in [0.15, 0.2) is 0 Å². The molecular weight excluding hydrogens is 230 g/mol. The molecule has 0 spiro atoms. The highest BCUT2D eigenvalue weighted by molar-refractivity contribution is 5.55. The van der Waals surface area contributed by atoms with E-state index in [0.29, 0.717) is 18.3 Å². The first kappa shape index (κ1) is 12.6. The Morgan fingerprint density at radius 2 is 1.89 bits per heavy atom. The fourth-order valence-corrected chi connectivity index (χ4v) is 1.40. The molecular formula is C13H17N3O2. The number of phenolic OH excluding ortho intramolecular Hbond substituents is 1. The van der Waals surface area contributed by atoms with E-state index in [1.165, 1.54) is 0 Å². The van der Waals surface area contributed by atoms with Crippen molar-refractivity contribution in [3.8, 4) is 17.1 Å². The maximum Gasteiger partial charge on any atom is 0.240 e. The second-order valence-corrected chi connectivity index (χ2v) is 5.16. The summed E-state index contributed by atoms with van der Waals surface area (Å²) in [6.07, 6.45) is 0. The second kappa shape index (κ2) is 4.78. The lowest BCUT2D eigenvalue weighted by atomic mass is 10.1. The molecule has 0 atom stereocenters. The van der Waals surface area contributed by atoms with Crippen LogP contribution in [0.3, 0.4) is 0 Å². The van der Waals surface area contributed by atoms with Crippen molar-refractivity contribution >= 4 is 0 Å². The molecule has 1 heterocycles. The van der Waals surface area contributed by atoms with Crippen LogP contribution in [0.1, 0.15) is 26.7 Å². The van der Waals surface area contributed by atoms with Crippen LogP contribution in [0.15, 0.2) is 28.8 Å². The zero-order valence-corrected chi connectivity index (χ0v) is 10.8. The van der Waals surface area contributed by atoms with Crippen LogP contribution in [0.4, 0.5) is 0 Å². The van der Waals surface area contributed by atoms with Crippen molar-refractivity contribution in [2.45, 2.75) is 32.9 Å². The number of benzene rings is 1. The lowest BCUT2D eigenvalue weighted by molar-refractivity contribution is 0.336. The van der Waals surface area contributed by atoms with Gasteiger partial charge < -0.3 is 14.9 Å². The number of hydrogen-bond acceptors (Lipinski definition) is 5. The highest BCUT2D eigenvalue weighted by Crippen LogP contribution is 2.19. The van der Waals surface area contributed by atoms with Crippen molar-refractivity contribution in [1.82, 2.24) is 15.5 Å². The van der Waals surface area contributed by atoms with E-state index in [0.717, 1.165) is 5.56 Å². The minimum absolute atomic E-state index is 0.00711. The average Bonchev–Trinajstić information content (AvgIpc) is 2.75. The van der Waals surface area contributed by atoms with Gasteiger partial charge in [0.05, 0.1) is 6.54 Å². The smallest absolute Gasteiger partial charge is 0.240 e. The van der Waals surface area contributed by atoms with E-state index in [2.05, 4.69) is 36.2 Å². The molecule has 2 aromatic rings. The molecule has 0 bridgehead atoms. The minimum atomic E-state index is 0.00711.